The Morgan fingerprint density at radius 1 is 1.21 bits per heavy atom. The summed E-state index contributed by atoms with van der Waals surface area (Å²) in [5.41, 5.74) is 3.58. The molecule has 0 saturated heterocycles. The maximum absolute atomic E-state index is 6.16. The van der Waals surface area contributed by atoms with Crippen LogP contribution in [0.25, 0.3) is 11.1 Å². The number of hydrogen-bond acceptors (Lipinski definition) is 2. The number of halogens is 2. The summed E-state index contributed by atoms with van der Waals surface area (Å²) in [5.74, 6) is 0.658. The van der Waals surface area contributed by atoms with Gasteiger partial charge in [0, 0.05) is 11.9 Å². The lowest BCUT2D eigenvalue weighted by molar-refractivity contribution is 0.559. The zero-order chi connectivity index (χ0) is 10.5. The number of aromatic nitrogens is 1. The van der Waals surface area contributed by atoms with Crippen LogP contribution >= 0.6 is 27.5 Å². The van der Waals surface area contributed by atoms with Crippen molar-refractivity contribution in [3.05, 3.63) is 26.5 Å². The van der Waals surface area contributed by atoms with Crippen LogP contribution in [-0.2, 0) is 0 Å². The van der Waals surface area contributed by atoms with Gasteiger partial charge in [-0.05, 0) is 40.9 Å². The van der Waals surface area contributed by atoms with E-state index in [1.807, 2.05) is 20.8 Å². The minimum absolute atomic E-state index is 0.658. The second-order valence-electron chi connectivity index (χ2n) is 3.29. The van der Waals surface area contributed by atoms with Crippen LogP contribution in [0, 0.1) is 20.8 Å². The predicted octanol–water partition coefficient (Wildman–Crippen LogP) is 4.17. The first-order valence-corrected chi connectivity index (χ1v) is 5.40. The number of nitrogens with zero attached hydrogens (tertiary/aromatic N) is 1. The molecule has 1 aromatic heterocycles. The lowest BCUT2D eigenvalue weighted by Gasteiger charge is -2.04. The van der Waals surface area contributed by atoms with E-state index in [1.54, 1.807) is 0 Å². The molecule has 1 aromatic carbocycles. The molecule has 0 unspecified atom stereocenters. The van der Waals surface area contributed by atoms with E-state index in [0.717, 1.165) is 31.7 Å². The summed E-state index contributed by atoms with van der Waals surface area (Å²) in [7, 11) is 0. The van der Waals surface area contributed by atoms with Gasteiger partial charge >= 0.3 is 0 Å². The molecular weight excluding hydrogens is 265 g/mol. The van der Waals surface area contributed by atoms with Gasteiger partial charge in [0.25, 0.3) is 0 Å². The summed E-state index contributed by atoms with van der Waals surface area (Å²) < 4.78 is 6.39. The maximum Gasteiger partial charge on any atom is 0.192 e. The van der Waals surface area contributed by atoms with Gasteiger partial charge in [0.05, 0.1) is 4.47 Å². The molecule has 14 heavy (non-hydrogen) atoms. The van der Waals surface area contributed by atoms with E-state index in [2.05, 4.69) is 20.9 Å². The molecule has 2 nitrogen and oxygen atoms in total. The topological polar surface area (TPSA) is 26.0 Å². The fraction of sp³-hybridized carbons (Fsp3) is 0.300. The molecule has 0 atom stereocenters. The van der Waals surface area contributed by atoms with E-state index in [1.165, 1.54) is 0 Å². The molecule has 0 aliphatic heterocycles. The summed E-state index contributed by atoms with van der Waals surface area (Å²) in [5, 5.41) is 0.748. The van der Waals surface area contributed by atoms with E-state index < -0.39 is 0 Å². The summed E-state index contributed by atoms with van der Waals surface area (Å²) >= 11 is 9.62. The number of rotatable bonds is 0. The number of oxazole rings is 1. The first-order valence-electron chi connectivity index (χ1n) is 4.23. The third kappa shape index (κ3) is 1.27. The zero-order valence-electron chi connectivity index (χ0n) is 8.11. The quantitative estimate of drug-likeness (QED) is 0.720. The van der Waals surface area contributed by atoms with Crippen LogP contribution in [-0.4, -0.2) is 4.98 Å². The number of fused-ring (bicyclic) bond motifs is 1. The van der Waals surface area contributed by atoms with Gasteiger partial charge in [-0.3, -0.25) is 0 Å². The molecule has 0 saturated carbocycles. The van der Waals surface area contributed by atoms with E-state index in [0.29, 0.717) is 5.89 Å². The lowest BCUT2D eigenvalue weighted by Crippen LogP contribution is -1.86. The third-order valence-electron chi connectivity index (χ3n) is 2.28. The predicted molar refractivity (Wildman–Crippen MR) is 60.9 cm³/mol. The first-order chi connectivity index (χ1) is 6.52. The van der Waals surface area contributed by atoms with Gasteiger partial charge in [-0.15, -0.1) is 0 Å². The van der Waals surface area contributed by atoms with Gasteiger partial charge < -0.3 is 4.42 Å². The van der Waals surface area contributed by atoms with Crippen molar-refractivity contribution in [2.45, 2.75) is 20.8 Å². The average Bonchev–Trinajstić information content (AvgIpc) is 2.54. The maximum atomic E-state index is 6.16. The SMILES string of the molecule is Cc1nc2c(C)c(Cl)c(C)c(Br)c2o1. The van der Waals surface area contributed by atoms with Gasteiger partial charge in [0.2, 0.25) is 0 Å². The van der Waals surface area contributed by atoms with Crippen molar-refractivity contribution in [1.82, 2.24) is 4.98 Å². The molecule has 0 N–H and O–H groups in total. The molecule has 0 aliphatic rings. The highest BCUT2D eigenvalue weighted by atomic mass is 79.9. The number of aryl methyl sites for hydroxylation is 2. The van der Waals surface area contributed by atoms with Crippen LogP contribution in [0.3, 0.4) is 0 Å². The Hall–Kier alpha value is -0.540. The lowest BCUT2D eigenvalue weighted by atomic mass is 10.1. The molecule has 74 valence electrons. The summed E-state index contributed by atoms with van der Waals surface area (Å²) in [6, 6.07) is 0. The molecule has 1 heterocycles. The summed E-state index contributed by atoms with van der Waals surface area (Å²) in [6.45, 7) is 5.73. The highest BCUT2D eigenvalue weighted by molar-refractivity contribution is 9.10. The van der Waals surface area contributed by atoms with Gasteiger partial charge in [-0.25, -0.2) is 4.98 Å². The molecule has 0 aliphatic carbocycles. The van der Waals surface area contributed by atoms with E-state index in [9.17, 15) is 0 Å². The van der Waals surface area contributed by atoms with Crippen LogP contribution < -0.4 is 0 Å². The molecular formula is C10H9BrClNO. The average molecular weight is 275 g/mol. The summed E-state index contributed by atoms with van der Waals surface area (Å²) in [4.78, 5) is 4.29. The Morgan fingerprint density at radius 3 is 2.50 bits per heavy atom. The Kier molecular flexibility index (Phi) is 2.32. The molecule has 4 heteroatoms. The van der Waals surface area contributed by atoms with E-state index in [-0.39, 0.29) is 0 Å². The van der Waals surface area contributed by atoms with Gasteiger partial charge in [0.1, 0.15) is 5.52 Å². The van der Waals surface area contributed by atoms with Crippen LogP contribution in [0.2, 0.25) is 5.02 Å². The second-order valence-corrected chi connectivity index (χ2v) is 4.46. The summed E-state index contributed by atoms with van der Waals surface area (Å²) in [6.07, 6.45) is 0. The van der Waals surface area contributed by atoms with Crippen LogP contribution in [0.15, 0.2) is 8.89 Å². The first kappa shape index (κ1) is 9.99. The minimum atomic E-state index is 0.658. The number of benzene rings is 1. The van der Waals surface area contributed by atoms with E-state index >= 15 is 0 Å². The second kappa shape index (κ2) is 3.24. The highest BCUT2D eigenvalue weighted by Gasteiger charge is 2.15. The van der Waals surface area contributed by atoms with Gasteiger partial charge in [0.15, 0.2) is 11.5 Å². The van der Waals surface area contributed by atoms with Crippen LogP contribution in [0.1, 0.15) is 17.0 Å². The smallest absolute Gasteiger partial charge is 0.192 e. The molecule has 0 spiro atoms. The van der Waals surface area contributed by atoms with Gasteiger partial charge in [-0.2, -0.15) is 0 Å². The molecule has 0 radical (unpaired) electrons. The van der Waals surface area contributed by atoms with Crippen molar-refractivity contribution in [3.8, 4) is 0 Å². The van der Waals surface area contributed by atoms with Gasteiger partial charge in [-0.1, -0.05) is 11.6 Å². The molecule has 0 fully saturated rings. The standard InChI is InChI=1S/C10H9BrClNO/c1-4-7(11)10-9(5(2)8(4)12)13-6(3)14-10/h1-3H3. The fourth-order valence-corrected chi connectivity index (χ4v) is 2.25. The third-order valence-corrected chi connectivity index (χ3v) is 3.80. The Bertz CT molecular complexity index is 474. The van der Waals surface area contributed by atoms with Crippen molar-refractivity contribution in [1.29, 1.82) is 0 Å². The Morgan fingerprint density at radius 2 is 1.86 bits per heavy atom. The molecule has 2 aromatic rings. The molecule has 2 rings (SSSR count). The Balaban J connectivity index is 3.01. The van der Waals surface area contributed by atoms with Crippen molar-refractivity contribution in [2.24, 2.45) is 0 Å². The van der Waals surface area contributed by atoms with Crippen LogP contribution in [0.4, 0.5) is 0 Å². The molecule has 0 amide bonds. The normalized spacial score (nSPS) is 11.2. The largest absolute Gasteiger partial charge is 0.440 e. The minimum Gasteiger partial charge on any atom is -0.440 e. The van der Waals surface area contributed by atoms with Crippen molar-refractivity contribution < 1.29 is 4.42 Å². The van der Waals surface area contributed by atoms with Crippen LogP contribution in [0.5, 0.6) is 0 Å². The monoisotopic (exact) mass is 273 g/mol. The fourth-order valence-electron chi connectivity index (χ4n) is 1.48. The van der Waals surface area contributed by atoms with Crippen molar-refractivity contribution >= 4 is 38.6 Å². The highest BCUT2D eigenvalue weighted by Crippen LogP contribution is 2.36. The zero-order valence-corrected chi connectivity index (χ0v) is 10.5. The Labute approximate surface area is 95.4 Å². The van der Waals surface area contributed by atoms with Crippen molar-refractivity contribution in [3.63, 3.8) is 0 Å². The van der Waals surface area contributed by atoms with Crippen molar-refractivity contribution in [2.75, 3.05) is 0 Å². The number of hydrogen-bond donors (Lipinski definition) is 0. The molecule has 0 bridgehead atoms. The van der Waals surface area contributed by atoms with E-state index in [4.69, 9.17) is 16.0 Å².